The van der Waals surface area contributed by atoms with Crippen molar-refractivity contribution in [1.29, 1.82) is 0 Å². The molecule has 0 amide bonds. The van der Waals surface area contributed by atoms with Crippen molar-refractivity contribution in [3.8, 4) is 11.3 Å². The highest BCUT2D eigenvalue weighted by molar-refractivity contribution is 5.67. The second-order valence-corrected chi connectivity index (χ2v) is 7.94. The first-order valence-electron chi connectivity index (χ1n) is 11.2. The number of alkyl halides is 3. The summed E-state index contributed by atoms with van der Waals surface area (Å²) in [6.45, 7) is 7.31. The summed E-state index contributed by atoms with van der Waals surface area (Å²) >= 11 is 0. The smallest absolute Gasteiger partial charge is 0.397 e. The van der Waals surface area contributed by atoms with Crippen LogP contribution in [0.25, 0.3) is 11.3 Å². The standard InChI is InChI=1S/C23H27F3N8/c1-3-32(4-2)22-30-19(16-12-17(27)15-28-14-16)13-20(31-22)33-8-10-34(11-9-33)21-18(23(24,25)26)6-5-7-29-21/h5-7,12-15H,3-4,8-11,27H2,1-2H3. The SMILES string of the molecule is CCN(CC)c1nc(-c2cncc(N)c2)cc(N2CCN(c3ncccc3C(F)(F)F)CC2)n1. The third-order valence-corrected chi connectivity index (χ3v) is 5.80. The van der Waals surface area contributed by atoms with Crippen molar-refractivity contribution in [2.45, 2.75) is 20.0 Å². The fourth-order valence-corrected chi connectivity index (χ4v) is 4.00. The summed E-state index contributed by atoms with van der Waals surface area (Å²) in [6, 6.07) is 6.07. The van der Waals surface area contributed by atoms with E-state index in [4.69, 9.17) is 15.7 Å². The molecular weight excluding hydrogens is 445 g/mol. The largest absolute Gasteiger partial charge is 0.419 e. The second kappa shape index (κ2) is 9.70. The van der Waals surface area contributed by atoms with E-state index in [0.717, 1.165) is 24.7 Å². The maximum Gasteiger partial charge on any atom is 0.419 e. The van der Waals surface area contributed by atoms with Gasteiger partial charge < -0.3 is 20.4 Å². The lowest BCUT2D eigenvalue weighted by molar-refractivity contribution is -0.137. The van der Waals surface area contributed by atoms with Crippen LogP contribution in [-0.4, -0.2) is 59.2 Å². The lowest BCUT2D eigenvalue weighted by atomic mass is 10.1. The zero-order chi connectivity index (χ0) is 24.3. The van der Waals surface area contributed by atoms with Gasteiger partial charge in [-0.15, -0.1) is 0 Å². The first-order chi connectivity index (χ1) is 16.3. The number of hydrogen-bond donors (Lipinski definition) is 1. The number of piperazine rings is 1. The van der Waals surface area contributed by atoms with Crippen LogP contribution in [0, 0.1) is 0 Å². The lowest BCUT2D eigenvalue weighted by Crippen LogP contribution is -2.47. The molecule has 1 saturated heterocycles. The number of halogens is 3. The van der Waals surface area contributed by atoms with Gasteiger partial charge in [-0.2, -0.15) is 18.2 Å². The van der Waals surface area contributed by atoms with Crippen molar-refractivity contribution in [3.05, 3.63) is 48.4 Å². The van der Waals surface area contributed by atoms with Crippen LogP contribution in [0.5, 0.6) is 0 Å². The van der Waals surface area contributed by atoms with Gasteiger partial charge in [0.05, 0.1) is 16.9 Å². The van der Waals surface area contributed by atoms with Crippen LogP contribution >= 0.6 is 0 Å². The number of pyridine rings is 2. The van der Waals surface area contributed by atoms with Gasteiger partial charge in [0, 0.05) is 69.5 Å². The molecule has 4 heterocycles. The minimum atomic E-state index is -4.45. The molecule has 4 rings (SSSR count). The molecule has 180 valence electrons. The average molecular weight is 473 g/mol. The second-order valence-electron chi connectivity index (χ2n) is 7.94. The molecule has 0 radical (unpaired) electrons. The quantitative estimate of drug-likeness (QED) is 0.581. The molecule has 0 atom stereocenters. The Morgan fingerprint density at radius 1 is 1.00 bits per heavy atom. The predicted octanol–water partition coefficient (Wildman–Crippen LogP) is 3.71. The summed E-state index contributed by atoms with van der Waals surface area (Å²) in [4.78, 5) is 23.5. The highest BCUT2D eigenvalue weighted by atomic mass is 19.4. The fraction of sp³-hybridized carbons (Fsp3) is 0.391. The number of anilines is 4. The number of nitrogen functional groups attached to an aromatic ring is 1. The zero-order valence-electron chi connectivity index (χ0n) is 19.1. The van der Waals surface area contributed by atoms with Gasteiger partial charge in [-0.25, -0.2) is 9.97 Å². The van der Waals surface area contributed by atoms with Crippen molar-refractivity contribution in [2.75, 3.05) is 59.7 Å². The van der Waals surface area contributed by atoms with Crippen LogP contribution in [0.3, 0.4) is 0 Å². The molecule has 1 aliphatic heterocycles. The Labute approximate surface area is 196 Å². The summed E-state index contributed by atoms with van der Waals surface area (Å²) in [5, 5.41) is 0. The van der Waals surface area contributed by atoms with Gasteiger partial charge in [0.15, 0.2) is 0 Å². The van der Waals surface area contributed by atoms with E-state index in [2.05, 4.69) is 14.9 Å². The molecule has 0 saturated carbocycles. The summed E-state index contributed by atoms with van der Waals surface area (Å²) in [6.07, 6.45) is 0.214. The maximum absolute atomic E-state index is 13.5. The Hall–Kier alpha value is -3.63. The van der Waals surface area contributed by atoms with E-state index in [1.165, 1.54) is 12.3 Å². The Morgan fingerprint density at radius 2 is 1.71 bits per heavy atom. The Kier molecular flexibility index (Phi) is 6.71. The van der Waals surface area contributed by atoms with Crippen molar-refractivity contribution in [2.24, 2.45) is 0 Å². The average Bonchev–Trinajstić information content (AvgIpc) is 2.84. The van der Waals surface area contributed by atoms with Crippen LogP contribution in [0.1, 0.15) is 19.4 Å². The predicted molar refractivity (Wildman–Crippen MR) is 127 cm³/mol. The molecule has 0 bridgehead atoms. The highest BCUT2D eigenvalue weighted by Crippen LogP contribution is 2.35. The number of nitrogens with two attached hydrogens (primary N) is 1. The van der Waals surface area contributed by atoms with Crippen LogP contribution in [0.15, 0.2) is 42.9 Å². The summed E-state index contributed by atoms with van der Waals surface area (Å²) in [7, 11) is 0. The fourth-order valence-electron chi connectivity index (χ4n) is 4.00. The van der Waals surface area contributed by atoms with E-state index in [9.17, 15) is 13.2 Å². The molecule has 3 aromatic heterocycles. The van der Waals surface area contributed by atoms with E-state index in [1.54, 1.807) is 17.3 Å². The molecule has 0 aromatic carbocycles. The Balaban J connectivity index is 1.62. The molecule has 3 aromatic rings. The third-order valence-electron chi connectivity index (χ3n) is 5.80. The molecule has 1 fully saturated rings. The molecule has 0 aliphatic carbocycles. The number of aromatic nitrogens is 4. The highest BCUT2D eigenvalue weighted by Gasteiger charge is 2.36. The zero-order valence-corrected chi connectivity index (χ0v) is 19.1. The monoisotopic (exact) mass is 472 g/mol. The van der Waals surface area contributed by atoms with E-state index in [-0.39, 0.29) is 5.82 Å². The molecule has 0 spiro atoms. The summed E-state index contributed by atoms with van der Waals surface area (Å²) in [5.74, 6) is 1.27. The third kappa shape index (κ3) is 4.97. The van der Waals surface area contributed by atoms with Crippen molar-refractivity contribution in [1.82, 2.24) is 19.9 Å². The lowest BCUT2D eigenvalue weighted by Gasteiger charge is -2.37. The first kappa shape index (κ1) is 23.5. The molecule has 2 N–H and O–H groups in total. The van der Waals surface area contributed by atoms with Gasteiger partial charge >= 0.3 is 6.18 Å². The maximum atomic E-state index is 13.5. The van der Waals surface area contributed by atoms with E-state index < -0.39 is 11.7 Å². The molecule has 11 heteroatoms. The Bertz CT molecular complexity index is 1130. The normalized spacial score (nSPS) is 14.4. The summed E-state index contributed by atoms with van der Waals surface area (Å²) in [5.41, 5.74) is 7.21. The van der Waals surface area contributed by atoms with E-state index in [1.807, 2.05) is 30.9 Å². The van der Waals surface area contributed by atoms with Crippen molar-refractivity contribution in [3.63, 3.8) is 0 Å². The van der Waals surface area contributed by atoms with Gasteiger partial charge in [0.25, 0.3) is 0 Å². The van der Waals surface area contributed by atoms with Crippen LogP contribution in [0.2, 0.25) is 0 Å². The number of rotatable bonds is 6. The van der Waals surface area contributed by atoms with Crippen LogP contribution < -0.4 is 20.4 Å². The van der Waals surface area contributed by atoms with E-state index >= 15 is 0 Å². The number of hydrogen-bond acceptors (Lipinski definition) is 8. The van der Waals surface area contributed by atoms with E-state index in [0.29, 0.717) is 49.3 Å². The minimum absolute atomic E-state index is 0.0345. The van der Waals surface area contributed by atoms with Crippen molar-refractivity contribution < 1.29 is 13.2 Å². The topological polar surface area (TPSA) is 87.3 Å². The Morgan fingerprint density at radius 3 is 2.35 bits per heavy atom. The van der Waals surface area contributed by atoms with Gasteiger partial charge in [-0.1, -0.05) is 0 Å². The molecule has 0 unspecified atom stereocenters. The summed E-state index contributed by atoms with van der Waals surface area (Å²) < 4.78 is 40.4. The van der Waals surface area contributed by atoms with Gasteiger partial charge in [-0.3, -0.25) is 4.98 Å². The van der Waals surface area contributed by atoms with Crippen LogP contribution in [0.4, 0.5) is 36.4 Å². The molecule has 34 heavy (non-hydrogen) atoms. The van der Waals surface area contributed by atoms with Crippen molar-refractivity contribution >= 4 is 23.3 Å². The number of nitrogens with zero attached hydrogens (tertiary/aromatic N) is 7. The molecule has 8 nitrogen and oxygen atoms in total. The first-order valence-corrected chi connectivity index (χ1v) is 11.2. The van der Waals surface area contributed by atoms with Gasteiger partial charge in [-0.05, 0) is 32.0 Å². The van der Waals surface area contributed by atoms with Gasteiger partial charge in [0.2, 0.25) is 5.95 Å². The van der Waals surface area contributed by atoms with Crippen LogP contribution in [-0.2, 0) is 6.18 Å². The minimum Gasteiger partial charge on any atom is -0.397 e. The molecule has 1 aliphatic rings. The molecular formula is C23H27F3N8. The van der Waals surface area contributed by atoms with Gasteiger partial charge in [0.1, 0.15) is 11.6 Å².